The maximum atomic E-state index is 6.03. The molecule has 114 valence electrons. The van der Waals surface area contributed by atoms with Crippen LogP contribution in [0, 0.1) is 0 Å². The molecule has 1 aliphatic rings. The average molecular weight is 282 g/mol. The van der Waals surface area contributed by atoms with E-state index < -0.39 is 0 Å². The molecule has 0 aliphatic carbocycles. The predicted molar refractivity (Wildman–Crippen MR) is 76.4 cm³/mol. The maximum absolute atomic E-state index is 6.03. The molecule has 1 atom stereocenters. The summed E-state index contributed by atoms with van der Waals surface area (Å²) in [5.41, 5.74) is -0.156. The van der Waals surface area contributed by atoms with Gasteiger partial charge in [-0.3, -0.25) is 4.90 Å². The van der Waals surface area contributed by atoms with Crippen LogP contribution in [0.15, 0.2) is 6.33 Å². The molecule has 2 heterocycles. The fraction of sp³-hybridized carbons (Fsp3) is 0.857. The molecule has 0 aromatic carbocycles. The highest BCUT2D eigenvalue weighted by molar-refractivity contribution is 4.90. The summed E-state index contributed by atoms with van der Waals surface area (Å²) in [4.78, 5) is 6.76. The Hall–Kier alpha value is -0.980. The van der Waals surface area contributed by atoms with Crippen molar-refractivity contribution in [1.82, 2.24) is 19.7 Å². The highest BCUT2D eigenvalue weighted by Crippen LogP contribution is 2.22. The molecule has 0 amide bonds. The molecule has 0 spiro atoms. The SMILES string of the molecule is CCCn1ncnc1CN1CC(COC)OC(C)(C)C1. The van der Waals surface area contributed by atoms with Crippen molar-refractivity contribution in [3.63, 3.8) is 0 Å². The summed E-state index contributed by atoms with van der Waals surface area (Å²) in [5.74, 6) is 1.03. The first-order valence-electron chi connectivity index (χ1n) is 7.30. The molecule has 0 saturated carbocycles. The molecule has 1 aromatic rings. The monoisotopic (exact) mass is 282 g/mol. The van der Waals surface area contributed by atoms with Crippen LogP contribution < -0.4 is 0 Å². The number of nitrogens with zero attached hydrogens (tertiary/aromatic N) is 4. The second-order valence-electron chi connectivity index (χ2n) is 6.02. The van der Waals surface area contributed by atoms with E-state index in [1.807, 2.05) is 4.68 Å². The minimum absolute atomic E-state index is 0.117. The maximum Gasteiger partial charge on any atom is 0.141 e. The first-order chi connectivity index (χ1) is 9.54. The van der Waals surface area contributed by atoms with Gasteiger partial charge in [-0.15, -0.1) is 0 Å². The second kappa shape index (κ2) is 6.65. The fourth-order valence-corrected chi connectivity index (χ4v) is 2.82. The Morgan fingerprint density at radius 2 is 2.30 bits per heavy atom. The number of hydrogen-bond donors (Lipinski definition) is 0. The van der Waals surface area contributed by atoms with Crippen molar-refractivity contribution >= 4 is 0 Å². The number of rotatable bonds is 6. The summed E-state index contributed by atoms with van der Waals surface area (Å²) in [6, 6.07) is 0. The molecule has 2 rings (SSSR count). The first-order valence-corrected chi connectivity index (χ1v) is 7.30. The van der Waals surface area contributed by atoms with Gasteiger partial charge < -0.3 is 9.47 Å². The molecular weight excluding hydrogens is 256 g/mol. The molecule has 1 aliphatic heterocycles. The van der Waals surface area contributed by atoms with Crippen LogP contribution in [-0.2, 0) is 22.6 Å². The van der Waals surface area contributed by atoms with Crippen molar-refractivity contribution in [3.05, 3.63) is 12.2 Å². The molecule has 0 bridgehead atoms. The Balaban J connectivity index is 2.01. The predicted octanol–water partition coefficient (Wildman–Crippen LogP) is 1.31. The standard InChI is InChI=1S/C14H26N4O2/c1-5-6-18-13(15-11-16-18)8-17-7-12(9-19-4)20-14(2,3)10-17/h11-12H,5-10H2,1-4H3. The van der Waals surface area contributed by atoms with Crippen LogP contribution in [-0.4, -0.2) is 58.2 Å². The van der Waals surface area contributed by atoms with Gasteiger partial charge in [-0.05, 0) is 20.3 Å². The Morgan fingerprint density at radius 3 is 3.00 bits per heavy atom. The number of methoxy groups -OCH3 is 1. The number of aromatic nitrogens is 3. The van der Waals surface area contributed by atoms with E-state index in [9.17, 15) is 0 Å². The van der Waals surface area contributed by atoms with Gasteiger partial charge in [0, 0.05) is 26.7 Å². The van der Waals surface area contributed by atoms with Crippen molar-refractivity contribution in [2.45, 2.75) is 52.0 Å². The molecule has 6 heteroatoms. The molecular formula is C14H26N4O2. The molecule has 0 radical (unpaired) electrons. The third kappa shape index (κ3) is 4.01. The minimum atomic E-state index is -0.156. The van der Waals surface area contributed by atoms with Gasteiger partial charge >= 0.3 is 0 Å². The molecule has 6 nitrogen and oxygen atoms in total. The zero-order valence-corrected chi connectivity index (χ0v) is 13.0. The largest absolute Gasteiger partial charge is 0.382 e. The summed E-state index contributed by atoms with van der Waals surface area (Å²) in [7, 11) is 1.72. The first kappa shape index (κ1) is 15.4. The fourth-order valence-electron chi connectivity index (χ4n) is 2.82. The van der Waals surface area contributed by atoms with Crippen LogP contribution >= 0.6 is 0 Å². The van der Waals surface area contributed by atoms with Crippen LogP contribution in [0.5, 0.6) is 0 Å². The minimum Gasteiger partial charge on any atom is -0.382 e. The zero-order valence-electron chi connectivity index (χ0n) is 13.0. The summed E-state index contributed by atoms with van der Waals surface area (Å²) < 4.78 is 13.3. The molecule has 1 fully saturated rings. The van der Waals surface area contributed by atoms with Crippen molar-refractivity contribution in [2.24, 2.45) is 0 Å². The van der Waals surface area contributed by atoms with E-state index in [1.165, 1.54) is 0 Å². The van der Waals surface area contributed by atoms with Gasteiger partial charge in [0.25, 0.3) is 0 Å². The lowest BCUT2D eigenvalue weighted by molar-refractivity contribution is -0.154. The zero-order chi connectivity index (χ0) is 14.6. The van der Waals surface area contributed by atoms with Gasteiger partial charge in [-0.25, -0.2) is 9.67 Å². The van der Waals surface area contributed by atoms with Crippen molar-refractivity contribution in [3.8, 4) is 0 Å². The van der Waals surface area contributed by atoms with Gasteiger partial charge in [0.2, 0.25) is 0 Å². The lowest BCUT2D eigenvalue weighted by atomic mass is 10.1. The molecule has 1 saturated heterocycles. The number of ether oxygens (including phenoxy) is 2. The topological polar surface area (TPSA) is 52.4 Å². The molecule has 20 heavy (non-hydrogen) atoms. The van der Waals surface area contributed by atoms with Gasteiger partial charge in [0.1, 0.15) is 12.2 Å². The third-order valence-corrected chi connectivity index (χ3v) is 3.40. The normalized spacial score (nSPS) is 23.1. The van der Waals surface area contributed by atoms with Crippen molar-refractivity contribution in [2.75, 3.05) is 26.8 Å². The Morgan fingerprint density at radius 1 is 1.50 bits per heavy atom. The highest BCUT2D eigenvalue weighted by atomic mass is 16.5. The van der Waals surface area contributed by atoms with Crippen LogP contribution in [0.2, 0.25) is 0 Å². The van der Waals surface area contributed by atoms with E-state index in [-0.39, 0.29) is 11.7 Å². The smallest absolute Gasteiger partial charge is 0.141 e. The lowest BCUT2D eigenvalue weighted by Gasteiger charge is -2.42. The second-order valence-corrected chi connectivity index (χ2v) is 6.02. The van der Waals surface area contributed by atoms with E-state index in [1.54, 1.807) is 13.4 Å². The average Bonchev–Trinajstić information content (AvgIpc) is 2.75. The molecule has 1 unspecified atom stereocenters. The van der Waals surface area contributed by atoms with Crippen LogP contribution in [0.4, 0.5) is 0 Å². The van der Waals surface area contributed by atoms with Gasteiger partial charge in [0.15, 0.2) is 0 Å². The summed E-state index contributed by atoms with van der Waals surface area (Å²) >= 11 is 0. The lowest BCUT2D eigenvalue weighted by Crippen LogP contribution is -2.53. The van der Waals surface area contributed by atoms with E-state index in [2.05, 4.69) is 35.8 Å². The van der Waals surface area contributed by atoms with Gasteiger partial charge in [-0.1, -0.05) is 6.92 Å². The van der Waals surface area contributed by atoms with Gasteiger partial charge in [-0.2, -0.15) is 5.10 Å². The number of aryl methyl sites for hydroxylation is 1. The van der Waals surface area contributed by atoms with Crippen LogP contribution in [0.3, 0.4) is 0 Å². The Labute approximate surface area is 121 Å². The molecule has 1 aromatic heterocycles. The van der Waals surface area contributed by atoms with E-state index in [0.29, 0.717) is 6.61 Å². The van der Waals surface area contributed by atoms with Crippen molar-refractivity contribution < 1.29 is 9.47 Å². The van der Waals surface area contributed by atoms with E-state index >= 15 is 0 Å². The summed E-state index contributed by atoms with van der Waals surface area (Å²) in [6.07, 6.45) is 2.83. The van der Waals surface area contributed by atoms with E-state index in [0.717, 1.165) is 38.4 Å². The van der Waals surface area contributed by atoms with Crippen molar-refractivity contribution in [1.29, 1.82) is 0 Å². The summed E-state index contributed by atoms with van der Waals surface area (Å²) in [5, 5.41) is 4.29. The third-order valence-electron chi connectivity index (χ3n) is 3.40. The van der Waals surface area contributed by atoms with Crippen LogP contribution in [0.1, 0.15) is 33.0 Å². The highest BCUT2D eigenvalue weighted by Gasteiger charge is 2.33. The Bertz CT molecular complexity index is 419. The number of hydrogen-bond acceptors (Lipinski definition) is 5. The van der Waals surface area contributed by atoms with Gasteiger partial charge in [0.05, 0.1) is 24.9 Å². The number of morpholine rings is 1. The van der Waals surface area contributed by atoms with E-state index in [4.69, 9.17) is 9.47 Å². The van der Waals surface area contributed by atoms with Crippen LogP contribution in [0.25, 0.3) is 0 Å². The molecule has 0 N–H and O–H groups in total. The quantitative estimate of drug-likeness (QED) is 0.787. The Kier molecular flexibility index (Phi) is 5.12. The summed E-state index contributed by atoms with van der Waals surface area (Å²) in [6.45, 7) is 10.5.